The first-order valence-electron chi connectivity index (χ1n) is 7.18. The number of nitrogens with one attached hydrogen (secondary N) is 1. The molecule has 3 N–H and O–H groups in total. The summed E-state index contributed by atoms with van der Waals surface area (Å²) in [5.41, 5.74) is -1.92. The fraction of sp³-hybridized carbons (Fsp3) is 0.714. The van der Waals surface area contributed by atoms with Gasteiger partial charge >= 0.3 is 5.97 Å². The first kappa shape index (κ1) is 18.2. The minimum Gasteiger partial charge on any atom is -0.480 e. The molecule has 1 aliphatic heterocycles. The van der Waals surface area contributed by atoms with Crippen LogP contribution in [-0.2, 0) is 19.2 Å². The van der Waals surface area contributed by atoms with Crippen molar-refractivity contribution in [3.8, 4) is 0 Å². The molecular formula is C14H22N2O6. The fourth-order valence-corrected chi connectivity index (χ4v) is 2.57. The van der Waals surface area contributed by atoms with Crippen molar-refractivity contribution in [2.45, 2.75) is 50.7 Å². The summed E-state index contributed by atoms with van der Waals surface area (Å²) < 4.78 is 0. The van der Waals surface area contributed by atoms with Crippen molar-refractivity contribution in [2.75, 3.05) is 13.6 Å². The van der Waals surface area contributed by atoms with Crippen LogP contribution in [0.5, 0.6) is 0 Å². The van der Waals surface area contributed by atoms with E-state index < -0.39 is 29.4 Å². The van der Waals surface area contributed by atoms with Crippen molar-refractivity contribution >= 4 is 23.6 Å². The SMILES string of the molecule is CNC(CCCCN1C(=O)CC(O)(CC(C)=O)C1=O)C(=O)O. The number of likely N-dealkylation sites (N-methyl/N-ethyl adjacent to an activating group) is 1. The van der Waals surface area contributed by atoms with Gasteiger partial charge in [0.25, 0.3) is 5.91 Å². The Bertz CT molecular complexity index is 478. The molecule has 8 nitrogen and oxygen atoms in total. The number of unbranched alkanes of at least 4 members (excludes halogenated alkanes) is 1. The zero-order valence-corrected chi connectivity index (χ0v) is 12.8. The molecular weight excluding hydrogens is 292 g/mol. The van der Waals surface area contributed by atoms with Crippen molar-refractivity contribution in [1.29, 1.82) is 0 Å². The molecule has 1 heterocycles. The van der Waals surface area contributed by atoms with Gasteiger partial charge in [0, 0.05) is 13.0 Å². The highest BCUT2D eigenvalue weighted by molar-refractivity contribution is 6.09. The largest absolute Gasteiger partial charge is 0.480 e. The predicted octanol–water partition coefficient (Wildman–Crippen LogP) is -0.702. The van der Waals surface area contributed by atoms with E-state index in [0.29, 0.717) is 19.3 Å². The van der Waals surface area contributed by atoms with Gasteiger partial charge in [0.1, 0.15) is 11.8 Å². The molecule has 1 rings (SSSR count). The smallest absolute Gasteiger partial charge is 0.320 e. The minimum atomic E-state index is -1.92. The molecule has 1 fully saturated rings. The molecule has 0 radical (unpaired) electrons. The van der Waals surface area contributed by atoms with Crippen molar-refractivity contribution in [3.05, 3.63) is 0 Å². The molecule has 8 heteroatoms. The highest BCUT2D eigenvalue weighted by atomic mass is 16.4. The van der Waals surface area contributed by atoms with E-state index in [4.69, 9.17) is 5.11 Å². The quantitative estimate of drug-likeness (QED) is 0.379. The van der Waals surface area contributed by atoms with Crippen LogP contribution in [0, 0.1) is 0 Å². The Kier molecular flexibility index (Phi) is 6.19. The Hall–Kier alpha value is -1.80. The molecule has 2 amide bonds. The van der Waals surface area contributed by atoms with Gasteiger partial charge in [0.05, 0.1) is 6.42 Å². The van der Waals surface area contributed by atoms with Crippen molar-refractivity contribution < 1.29 is 29.4 Å². The summed E-state index contributed by atoms with van der Waals surface area (Å²) in [6.45, 7) is 1.37. The number of carbonyl (C=O) groups excluding carboxylic acids is 3. The maximum atomic E-state index is 12.1. The Morgan fingerprint density at radius 2 is 2.00 bits per heavy atom. The second kappa shape index (κ2) is 7.46. The van der Waals surface area contributed by atoms with Gasteiger partial charge in [-0.25, -0.2) is 0 Å². The number of Topliss-reactive ketones (excluding diaryl/α,β-unsaturated/α-hetero) is 1. The van der Waals surface area contributed by atoms with Crippen LogP contribution in [0.1, 0.15) is 39.0 Å². The van der Waals surface area contributed by atoms with E-state index in [1.807, 2.05) is 0 Å². The molecule has 0 aliphatic carbocycles. The van der Waals surface area contributed by atoms with E-state index in [1.54, 1.807) is 7.05 Å². The number of aliphatic carboxylic acids is 1. The second-order valence-electron chi connectivity index (χ2n) is 5.61. The highest BCUT2D eigenvalue weighted by Crippen LogP contribution is 2.28. The number of likely N-dealkylation sites (tertiary alicyclic amines) is 1. The number of hydrogen-bond acceptors (Lipinski definition) is 6. The Morgan fingerprint density at radius 1 is 1.36 bits per heavy atom. The minimum absolute atomic E-state index is 0.119. The summed E-state index contributed by atoms with van der Waals surface area (Å²) in [6, 6.07) is -0.667. The summed E-state index contributed by atoms with van der Waals surface area (Å²) >= 11 is 0. The molecule has 0 saturated carbocycles. The van der Waals surface area contributed by atoms with Gasteiger partial charge in [0.15, 0.2) is 5.60 Å². The molecule has 22 heavy (non-hydrogen) atoms. The van der Waals surface area contributed by atoms with Gasteiger partial charge < -0.3 is 15.5 Å². The van der Waals surface area contributed by atoms with Crippen LogP contribution in [0.4, 0.5) is 0 Å². The third kappa shape index (κ3) is 4.35. The van der Waals surface area contributed by atoms with Crippen LogP contribution >= 0.6 is 0 Å². The van der Waals surface area contributed by atoms with Crippen molar-refractivity contribution in [1.82, 2.24) is 10.2 Å². The lowest BCUT2D eigenvalue weighted by molar-refractivity contribution is -0.148. The average Bonchev–Trinajstić information content (AvgIpc) is 2.59. The first-order chi connectivity index (χ1) is 10.2. The van der Waals surface area contributed by atoms with E-state index in [1.165, 1.54) is 6.92 Å². The van der Waals surface area contributed by atoms with E-state index in [2.05, 4.69) is 5.32 Å². The summed E-state index contributed by atoms with van der Waals surface area (Å²) in [7, 11) is 1.55. The van der Waals surface area contributed by atoms with Crippen LogP contribution in [-0.4, -0.2) is 63.9 Å². The molecule has 0 spiro atoms. The molecule has 0 aromatic heterocycles. The lowest BCUT2D eigenvalue weighted by atomic mass is 9.96. The van der Waals surface area contributed by atoms with Gasteiger partial charge in [0.2, 0.25) is 5.91 Å². The molecule has 0 aromatic rings. The van der Waals surface area contributed by atoms with Crippen LogP contribution < -0.4 is 5.32 Å². The number of amides is 2. The number of nitrogens with zero attached hydrogens (tertiary/aromatic N) is 1. The molecule has 1 saturated heterocycles. The van der Waals surface area contributed by atoms with Crippen molar-refractivity contribution in [3.63, 3.8) is 0 Å². The van der Waals surface area contributed by atoms with Gasteiger partial charge in [-0.05, 0) is 33.2 Å². The van der Waals surface area contributed by atoms with E-state index in [-0.39, 0.29) is 25.2 Å². The Balaban J connectivity index is 2.50. The summed E-state index contributed by atoms with van der Waals surface area (Å²) in [5, 5.41) is 21.6. The average molecular weight is 314 g/mol. The van der Waals surface area contributed by atoms with Crippen LogP contribution in [0.25, 0.3) is 0 Å². The fourth-order valence-electron chi connectivity index (χ4n) is 2.57. The number of ketones is 1. The molecule has 124 valence electrons. The molecule has 2 unspecified atom stereocenters. The predicted molar refractivity (Wildman–Crippen MR) is 75.9 cm³/mol. The number of carboxylic acids is 1. The Morgan fingerprint density at radius 3 is 2.50 bits per heavy atom. The number of rotatable bonds is 9. The van der Waals surface area contributed by atoms with Crippen LogP contribution in [0.3, 0.4) is 0 Å². The molecule has 1 aliphatic rings. The standard InChI is InChI=1S/C14H22N2O6/c1-9(17)7-14(22)8-11(18)16(13(14)21)6-4-3-5-10(15-2)12(19)20/h10,15,22H,3-8H2,1-2H3,(H,19,20). The first-order valence-corrected chi connectivity index (χ1v) is 7.18. The van der Waals surface area contributed by atoms with Crippen LogP contribution in [0.15, 0.2) is 0 Å². The maximum Gasteiger partial charge on any atom is 0.320 e. The number of carbonyl (C=O) groups is 4. The van der Waals surface area contributed by atoms with E-state index in [9.17, 15) is 24.3 Å². The third-order valence-electron chi connectivity index (χ3n) is 3.70. The lowest BCUT2D eigenvalue weighted by Crippen LogP contribution is -2.42. The van der Waals surface area contributed by atoms with Gasteiger partial charge in [-0.15, -0.1) is 0 Å². The van der Waals surface area contributed by atoms with Gasteiger partial charge in [-0.1, -0.05) is 0 Å². The van der Waals surface area contributed by atoms with Crippen molar-refractivity contribution in [2.24, 2.45) is 0 Å². The summed E-state index contributed by atoms with van der Waals surface area (Å²) in [5.74, 6) is -2.55. The van der Waals surface area contributed by atoms with E-state index in [0.717, 1.165) is 4.90 Å². The second-order valence-corrected chi connectivity index (χ2v) is 5.61. The number of carboxylic acid groups (broad SMARTS) is 1. The molecule has 0 aromatic carbocycles. The molecule has 2 atom stereocenters. The number of hydrogen-bond donors (Lipinski definition) is 3. The van der Waals surface area contributed by atoms with Crippen LogP contribution in [0.2, 0.25) is 0 Å². The summed E-state index contributed by atoms with van der Waals surface area (Å²) in [6.07, 6.45) is 0.591. The van der Waals surface area contributed by atoms with E-state index >= 15 is 0 Å². The monoisotopic (exact) mass is 314 g/mol. The normalized spacial score (nSPS) is 23.0. The maximum absolute atomic E-state index is 12.1. The highest BCUT2D eigenvalue weighted by Gasteiger charge is 2.50. The number of imide groups is 1. The summed E-state index contributed by atoms with van der Waals surface area (Å²) in [4.78, 5) is 46.7. The molecule has 0 bridgehead atoms. The topological polar surface area (TPSA) is 124 Å². The third-order valence-corrected chi connectivity index (χ3v) is 3.70. The zero-order chi connectivity index (χ0) is 16.9. The Labute approximate surface area is 128 Å². The van der Waals surface area contributed by atoms with Gasteiger partial charge in [-0.3, -0.25) is 24.1 Å². The van der Waals surface area contributed by atoms with Gasteiger partial charge in [-0.2, -0.15) is 0 Å². The zero-order valence-electron chi connectivity index (χ0n) is 12.8. The number of aliphatic hydroxyl groups is 1. The lowest BCUT2D eigenvalue weighted by Gasteiger charge is -2.20.